The number of hydrogen-bond acceptors (Lipinski definition) is 0. The molecule has 36 heavy (non-hydrogen) atoms. The Morgan fingerprint density at radius 1 is 0.472 bits per heavy atom. The van der Waals surface area contributed by atoms with Gasteiger partial charge < -0.3 is 0 Å². The maximum absolute atomic E-state index is 4.01. The van der Waals surface area contributed by atoms with Gasteiger partial charge in [-0.2, -0.15) is 0 Å². The summed E-state index contributed by atoms with van der Waals surface area (Å²) in [7, 11) is 0. The molecule has 1 aliphatic carbocycles. The van der Waals surface area contributed by atoms with Crippen LogP contribution in [0.1, 0.15) is 22.3 Å². The van der Waals surface area contributed by atoms with Gasteiger partial charge in [0.15, 0.2) is 0 Å². The summed E-state index contributed by atoms with van der Waals surface area (Å²) in [5, 5.41) is 2.51. The van der Waals surface area contributed by atoms with Crippen LogP contribution in [0.4, 0.5) is 0 Å². The van der Waals surface area contributed by atoms with Gasteiger partial charge in [-0.05, 0) is 67.4 Å². The van der Waals surface area contributed by atoms with Crippen molar-refractivity contribution >= 4 is 26.7 Å². The van der Waals surface area contributed by atoms with E-state index in [-0.39, 0.29) is 0 Å². The fourth-order valence-electron chi connectivity index (χ4n) is 6.14. The molecule has 170 valence electrons. The zero-order valence-corrected chi connectivity index (χ0v) is 21.2. The van der Waals surface area contributed by atoms with Crippen LogP contribution in [0.3, 0.4) is 0 Å². The highest BCUT2D eigenvalue weighted by Crippen LogP contribution is 2.60. The summed E-state index contributed by atoms with van der Waals surface area (Å²) < 4.78 is 1.13. The molecule has 0 N–H and O–H groups in total. The minimum absolute atomic E-state index is 0.444. The van der Waals surface area contributed by atoms with Crippen molar-refractivity contribution in [2.24, 2.45) is 0 Å². The molecule has 0 aliphatic heterocycles. The molecule has 1 atom stereocenters. The van der Waals surface area contributed by atoms with Crippen LogP contribution in [0.25, 0.3) is 33.0 Å². The third-order valence-electron chi connectivity index (χ3n) is 7.60. The predicted molar refractivity (Wildman–Crippen MR) is 154 cm³/mol. The van der Waals surface area contributed by atoms with Gasteiger partial charge in [0.25, 0.3) is 0 Å². The van der Waals surface area contributed by atoms with Crippen LogP contribution in [0.15, 0.2) is 144 Å². The fraction of sp³-hybridized carbons (Fsp3) is 0.0286. The van der Waals surface area contributed by atoms with Gasteiger partial charge in [0.1, 0.15) is 0 Å². The van der Waals surface area contributed by atoms with Gasteiger partial charge in [-0.25, -0.2) is 0 Å². The lowest BCUT2D eigenvalue weighted by Gasteiger charge is -2.34. The normalized spacial score (nSPS) is 16.0. The van der Waals surface area contributed by atoms with Gasteiger partial charge in [-0.3, -0.25) is 0 Å². The number of halogens is 1. The molecule has 0 saturated carbocycles. The molecule has 0 saturated heterocycles. The standard InChI is InChI=1S/C35H23Br/c36-32-20-10-18-30-33-29(25-12-3-1-4-13-25)17-9-19-31(33)35(34(30)32,27-15-5-2-6-16-27)28-22-21-24-11-7-8-14-26(24)23-28/h1-23H. The molecule has 6 aromatic rings. The number of benzene rings is 6. The van der Waals surface area contributed by atoms with Gasteiger partial charge in [0.05, 0.1) is 5.41 Å². The zero-order valence-electron chi connectivity index (χ0n) is 19.7. The second-order valence-electron chi connectivity index (χ2n) is 9.43. The first kappa shape index (κ1) is 21.4. The number of rotatable bonds is 3. The quantitative estimate of drug-likeness (QED) is 0.216. The molecule has 6 aromatic carbocycles. The van der Waals surface area contributed by atoms with Crippen molar-refractivity contribution < 1.29 is 0 Å². The minimum Gasteiger partial charge on any atom is -0.0622 e. The van der Waals surface area contributed by atoms with E-state index in [2.05, 4.69) is 155 Å². The molecule has 7 rings (SSSR count). The lowest BCUT2D eigenvalue weighted by atomic mass is 9.67. The molecular weight excluding hydrogens is 500 g/mol. The van der Waals surface area contributed by atoms with Crippen LogP contribution in [0.5, 0.6) is 0 Å². The van der Waals surface area contributed by atoms with Crippen molar-refractivity contribution in [3.05, 3.63) is 166 Å². The van der Waals surface area contributed by atoms with Crippen LogP contribution in [-0.2, 0) is 5.41 Å². The smallest absolute Gasteiger partial charge is 0.0622 e. The summed E-state index contributed by atoms with van der Waals surface area (Å²) in [4.78, 5) is 0. The highest BCUT2D eigenvalue weighted by Gasteiger charge is 2.48. The van der Waals surface area contributed by atoms with Crippen molar-refractivity contribution in [2.75, 3.05) is 0 Å². The van der Waals surface area contributed by atoms with Gasteiger partial charge in [-0.15, -0.1) is 0 Å². The van der Waals surface area contributed by atoms with E-state index in [1.54, 1.807) is 0 Å². The monoisotopic (exact) mass is 522 g/mol. The Labute approximate surface area is 220 Å². The second-order valence-corrected chi connectivity index (χ2v) is 10.3. The van der Waals surface area contributed by atoms with Crippen LogP contribution in [-0.4, -0.2) is 0 Å². The van der Waals surface area contributed by atoms with Crippen LogP contribution in [0, 0.1) is 0 Å². The lowest BCUT2D eigenvalue weighted by Crippen LogP contribution is -2.29. The molecule has 1 unspecified atom stereocenters. The number of fused-ring (bicyclic) bond motifs is 4. The molecule has 0 nitrogen and oxygen atoms in total. The molecule has 1 heteroatoms. The summed E-state index contributed by atoms with van der Waals surface area (Å²) in [5.74, 6) is 0. The first-order valence-corrected chi connectivity index (χ1v) is 13.1. The summed E-state index contributed by atoms with van der Waals surface area (Å²) >= 11 is 4.01. The molecule has 0 heterocycles. The molecule has 1 aliphatic rings. The average molecular weight is 523 g/mol. The van der Waals surface area contributed by atoms with Gasteiger partial charge in [0, 0.05) is 4.47 Å². The Balaban J connectivity index is 1.67. The Bertz CT molecular complexity index is 1730. The van der Waals surface area contributed by atoms with Gasteiger partial charge >= 0.3 is 0 Å². The summed E-state index contributed by atoms with van der Waals surface area (Å²) in [5.41, 5.74) is 9.86. The first-order chi connectivity index (χ1) is 17.8. The SMILES string of the molecule is Brc1cccc2c1C(c1ccccc1)(c1ccc3ccccc3c1)c1cccc(-c3ccccc3)c1-2. The van der Waals surface area contributed by atoms with E-state index in [9.17, 15) is 0 Å². The molecule has 0 amide bonds. The molecule has 0 fully saturated rings. The van der Waals surface area contributed by atoms with Crippen molar-refractivity contribution in [1.29, 1.82) is 0 Å². The Morgan fingerprint density at radius 2 is 1.14 bits per heavy atom. The number of hydrogen-bond donors (Lipinski definition) is 0. The van der Waals surface area contributed by atoms with E-state index in [1.165, 1.54) is 55.3 Å². The van der Waals surface area contributed by atoms with Crippen molar-refractivity contribution in [3.8, 4) is 22.3 Å². The average Bonchev–Trinajstić information content (AvgIpc) is 3.26. The van der Waals surface area contributed by atoms with Crippen LogP contribution >= 0.6 is 15.9 Å². The zero-order chi connectivity index (χ0) is 24.1. The van der Waals surface area contributed by atoms with E-state index < -0.39 is 5.41 Å². The molecule has 0 radical (unpaired) electrons. The lowest BCUT2D eigenvalue weighted by molar-refractivity contribution is 0.766. The molecule has 0 aromatic heterocycles. The fourth-order valence-corrected chi connectivity index (χ4v) is 6.80. The van der Waals surface area contributed by atoms with Crippen LogP contribution < -0.4 is 0 Å². The first-order valence-electron chi connectivity index (χ1n) is 12.3. The summed E-state index contributed by atoms with van der Waals surface area (Å²) in [6.45, 7) is 0. The topological polar surface area (TPSA) is 0 Å². The largest absolute Gasteiger partial charge is 0.0725 e. The summed E-state index contributed by atoms with van der Waals surface area (Å²) in [6.07, 6.45) is 0. The molecular formula is C35H23Br. The van der Waals surface area contributed by atoms with Crippen molar-refractivity contribution in [3.63, 3.8) is 0 Å². The Kier molecular flexibility index (Phi) is 4.94. The van der Waals surface area contributed by atoms with E-state index in [0.29, 0.717) is 0 Å². The predicted octanol–water partition coefficient (Wildman–Crippen LogP) is 9.63. The molecule has 0 spiro atoms. The van der Waals surface area contributed by atoms with E-state index in [1.807, 2.05) is 0 Å². The summed E-state index contributed by atoms with van der Waals surface area (Å²) in [6, 6.07) is 50.8. The van der Waals surface area contributed by atoms with Gasteiger partial charge in [-0.1, -0.05) is 143 Å². The van der Waals surface area contributed by atoms with E-state index in [0.717, 1.165) is 4.47 Å². The Morgan fingerprint density at radius 3 is 1.94 bits per heavy atom. The third-order valence-corrected chi connectivity index (χ3v) is 8.26. The Hall–Kier alpha value is -3.94. The third kappa shape index (κ3) is 3.00. The van der Waals surface area contributed by atoms with Gasteiger partial charge in [0.2, 0.25) is 0 Å². The second kappa shape index (κ2) is 8.33. The van der Waals surface area contributed by atoms with E-state index in [4.69, 9.17) is 0 Å². The van der Waals surface area contributed by atoms with Crippen molar-refractivity contribution in [2.45, 2.75) is 5.41 Å². The van der Waals surface area contributed by atoms with E-state index >= 15 is 0 Å². The molecule has 0 bridgehead atoms. The van der Waals surface area contributed by atoms with Crippen LogP contribution in [0.2, 0.25) is 0 Å². The van der Waals surface area contributed by atoms with Crippen molar-refractivity contribution in [1.82, 2.24) is 0 Å². The highest BCUT2D eigenvalue weighted by molar-refractivity contribution is 9.10. The highest BCUT2D eigenvalue weighted by atomic mass is 79.9. The maximum atomic E-state index is 4.01. The maximum Gasteiger partial charge on any atom is 0.0725 e. The minimum atomic E-state index is -0.444.